The molecule has 2 amide bonds. The van der Waals surface area contributed by atoms with E-state index in [1.807, 2.05) is 48.7 Å². The summed E-state index contributed by atoms with van der Waals surface area (Å²) in [6.45, 7) is 2.62. The van der Waals surface area contributed by atoms with Crippen molar-refractivity contribution in [2.75, 3.05) is 25.7 Å². The van der Waals surface area contributed by atoms with Crippen molar-refractivity contribution in [2.24, 2.45) is 11.8 Å². The van der Waals surface area contributed by atoms with Gasteiger partial charge in [0.15, 0.2) is 11.5 Å². The molecule has 0 radical (unpaired) electrons. The Balaban J connectivity index is 1.71. The number of nitrogens with zero attached hydrogens (tertiary/aromatic N) is 1. The first-order valence-corrected chi connectivity index (χ1v) is 15.6. The van der Waals surface area contributed by atoms with Gasteiger partial charge in [-0.25, -0.2) is 0 Å². The number of rotatable bonds is 15. The molecule has 0 saturated carbocycles. The number of likely N-dealkylation sites (tertiary alicyclic amines) is 1. The lowest BCUT2D eigenvalue weighted by Crippen LogP contribution is -2.56. The quantitative estimate of drug-likeness (QED) is 0.168. The molecule has 2 saturated heterocycles. The van der Waals surface area contributed by atoms with Crippen LogP contribution in [0.2, 0.25) is 0 Å². The number of para-hydroxylation sites is 1. The SMILES string of the molecule is CCCC/C=C/CCN1C(=O)C2C(c3cccc(OC)c3OCc3ccccc3)NC(CCSC)(C(=O)O)C2C1=O. The van der Waals surface area contributed by atoms with E-state index in [1.165, 1.54) is 16.7 Å². The zero-order valence-electron chi connectivity index (χ0n) is 24.0. The van der Waals surface area contributed by atoms with Gasteiger partial charge >= 0.3 is 5.97 Å². The number of nitrogens with one attached hydrogen (secondary N) is 1. The molecular weight excluding hydrogens is 540 g/mol. The van der Waals surface area contributed by atoms with Crippen LogP contribution in [0.15, 0.2) is 60.7 Å². The highest BCUT2D eigenvalue weighted by atomic mass is 32.2. The second-order valence-electron chi connectivity index (χ2n) is 10.5. The fraction of sp³-hybridized carbons (Fsp3) is 0.469. The summed E-state index contributed by atoms with van der Waals surface area (Å²) in [5.74, 6) is -2.37. The molecule has 2 aliphatic heterocycles. The number of carboxylic acid groups (broad SMARTS) is 1. The number of benzene rings is 2. The molecule has 4 unspecified atom stereocenters. The third-order valence-corrected chi connectivity index (χ3v) is 8.64. The highest BCUT2D eigenvalue weighted by Gasteiger charge is 2.68. The number of ether oxygens (including phenoxy) is 2. The molecule has 4 atom stereocenters. The summed E-state index contributed by atoms with van der Waals surface area (Å²) >= 11 is 1.51. The maximum atomic E-state index is 13.9. The first-order valence-electron chi connectivity index (χ1n) is 14.2. The summed E-state index contributed by atoms with van der Waals surface area (Å²) in [7, 11) is 1.54. The van der Waals surface area contributed by atoms with Crippen molar-refractivity contribution in [3.8, 4) is 11.5 Å². The zero-order valence-corrected chi connectivity index (χ0v) is 24.8. The smallest absolute Gasteiger partial charge is 0.324 e. The molecule has 2 aliphatic rings. The van der Waals surface area contributed by atoms with Crippen molar-refractivity contribution in [3.05, 3.63) is 71.8 Å². The molecule has 2 fully saturated rings. The second-order valence-corrected chi connectivity index (χ2v) is 11.5. The molecule has 8 nitrogen and oxygen atoms in total. The number of unbranched alkanes of at least 4 members (excludes halogenated alkanes) is 2. The minimum Gasteiger partial charge on any atom is -0.493 e. The van der Waals surface area contributed by atoms with Gasteiger partial charge in [0.2, 0.25) is 11.8 Å². The molecule has 9 heteroatoms. The average molecular weight is 581 g/mol. The van der Waals surface area contributed by atoms with E-state index >= 15 is 0 Å². The fourth-order valence-electron chi connectivity index (χ4n) is 5.93. The number of imide groups is 1. The lowest BCUT2D eigenvalue weighted by atomic mass is 9.78. The minimum atomic E-state index is -1.59. The van der Waals surface area contributed by atoms with E-state index in [9.17, 15) is 19.5 Å². The maximum Gasteiger partial charge on any atom is 0.324 e. The lowest BCUT2D eigenvalue weighted by Gasteiger charge is -2.31. The first-order chi connectivity index (χ1) is 19.9. The Morgan fingerprint density at radius 2 is 1.85 bits per heavy atom. The number of aliphatic carboxylic acids is 1. The summed E-state index contributed by atoms with van der Waals surface area (Å²) < 4.78 is 11.9. The predicted octanol–water partition coefficient (Wildman–Crippen LogP) is 5.23. The van der Waals surface area contributed by atoms with Gasteiger partial charge in [0.05, 0.1) is 18.9 Å². The van der Waals surface area contributed by atoms with Crippen LogP contribution in [0.1, 0.15) is 56.2 Å². The van der Waals surface area contributed by atoms with E-state index in [2.05, 4.69) is 18.3 Å². The molecular formula is C32H40N2O6S. The summed E-state index contributed by atoms with van der Waals surface area (Å²) in [5, 5.41) is 13.9. The van der Waals surface area contributed by atoms with E-state index in [0.717, 1.165) is 24.8 Å². The number of carboxylic acids is 1. The molecule has 2 heterocycles. The Labute approximate surface area is 246 Å². The normalized spacial score (nSPS) is 23.8. The number of thioether (sulfide) groups is 1. The number of carbonyl (C=O) groups excluding carboxylic acids is 2. The highest BCUT2D eigenvalue weighted by Crippen LogP contribution is 2.53. The van der Waals surface area contributed by atoms with Crippen LogP contribution in [0.25, 0.3) is 0 Å². The zero-order chi connectivity index (χ0) is 29.4. The summed E-state index contributed by atoms with van der Waals surface area (Å²) in [6.07, 6.45) is 9.84. The van der Waals surface area contributed by atoms with Gasteiger partial charge in [-0.15, -0.1) is 0 Å². The molecule has 0 bridgehead atoms. The monoisotopic (exact) mass is 580 g/mol. The van der Waals surface area contributed by atoms with Crippen LogP contribution >= 0.6 is 11.8 Å². The highest BCUT2D eigenvalue weighted by molar-refractivity contribution is 7.98. The van der Waals surface area contributed by atoms with E-state index in [4.69, 9.17) is 9.47 Å². The Morgan fingerprint density at radius 3 is 2.54 bits per heavy atom. The van der Waals surface area contributed by atoms with Crippen molar-refractivity contribution < 1.29 is 29.0 Å². The Morgan fingerprint density at radius 1 is 1.10 bits per heavy atom. The number of allylic oxidation sites excluding steroid dienone is 1. The van der Waals surface area contributed by atoms with Gasteiger partial charge in [-0.2, -0.15) is 11.8 Å². The number of carbonyl (C=O) groups is 3. The van der Waals surface area contributed by atoms with Gasteiger partial charge in [0.25, 0.3) is 0 Å². The van der Waals surface area contributed by atoms with Gasteiger partial charge in [0.1, 0.15) is 12.1 Å². The van der Waals surface area contributed by atoms with Gasteiger partial charge < -0.3 is 14.6 Å². The minimum absolute atomic E-state index is 0.203. The molecule has 0 spiro atoms. The molecule has 41 heavy (non-hydrogen) atoms. The summed E-state index contributed by atoms with van der Waals surface area (Å²) in [5.41, 5.74) is -0.0342. The predicted molar refractivity (Wildman–Crippen MR) is 160 cm³/mol. The van der Waals surface area contributed by atoms with Crippen molar-refractivity contribution in [3.63, 3.8) is 0 Å². The van der Waals surface area contributed by atoms with Crippen molar-refractivity contribution in [1.82, 2.24) is 10.2 Å². The van der Waals surface area contributed by atoms with Crippen LogP contribution in [0.3, 0.4) is 0 Å². The molecule has 0 aromatic heterocycles. The Hall–Kier alpha value is -3.30. The largest absolute Gasteiger partial charge is 0.493 e. The summed E-state index contributed by atoms with van der Waals surface area (Å²) in [4.78, 5) is 42.0. The Kier molecular flexibility index (Phi) is 10.5. The van der Waals surface area contributed by atoms with E-state index < -0.39 is 35.3 Å². The van der Waals surface area contributed by atoms with Gasteiger partial charge in [0, 0.05) is 18.2 Å². The molecule has 2 aromatic carbocycles. The third-order valence-electron chi connectivity index (χ3n) is 8.03. The van der Waals surface area contributed by atoms with Gasteiger partial charge in [-0.05, 0) is 42.9 Å². The van der Waals surface area contributed by atoms with Crippen LogP contribution < -0.4 is 14.8 Å². The van der Waals surface area contributed by atoms with E-state index in [-0.39, 0.29) is 25.5 Å². The lowest BCUT2D eigenvalue weighted by molar-refractivity contribution is -0.151. The standard InChI is InChI=1S/C32H40N2O6S/c1-4-5-6-7-8-12-19-34-29(35)25-26(30(34)36)32(31(37)38,18-20-41-3)33-27(25)23-16-13-17-24(39-2)28(23)40-21-22-14-10-9-11-15-22/h7-11,13-17,25-27,33H,4-6,12,18-21H2,1-3H3,(H,37,38)/b8-7+. The Bertz CT molecular complexity index is 1250. The van der Waals surface area contributed by atoms with Crippen molar-refractivity contribution in [1.29, 1.82) is 0 Å². The van der Waals surface area contributed by atoms with Crippen LogP contribution in [-0.2, 0) is 21.0 Å². The number of hydrogen-bond donors (Lipinski definition) is 2. The molecule has 2 N–H and O–H groups in total. The number of fused-ring (bicyclic) bond motifs is 1. The molecule has 0 aliphatic carbocycles. The topological polar surface area (TPSA) is 105 Å². The van der Waals surface area contributed by atoms with Crippen LogP contribution in [0.4, 0.5) is 0 Å². The third kappa shape index (κ3) is 6.31. The first kappa shape index (κ1) is 30.7. The second kappa shape index (κ2) is 14.0. The number of methoxy groups -OCH3 is 1. The molecule has 2 aromatic rings. The van der Waals surface area contributed by atoms with Gasteiger partial charge in [-0.3, -0.25) is 24.6 Å². The van der Waals surface area contributed by atoms with Crippen LogP contribution in [0.5, 0.6) is 11.5 Å². The van der Waals surface area contributed by atoms with E-state index in [1.54, 1.807) is 19.2 Å². The van der Waals surface area contributed by atoms with Crippen LogP contribution in [-0.4, -0.2) is 59.0 Å². The van der Waals surface area contributed by atoms with Gasteiger partial charge in [-0.1, -0.05) is 74.4 Å². The summed E-state index contributed by atoms with van der Waals surface area (Å²) in [6, 6.07) is 14.3. The van der Waals surface area contributed by atoms with E-state index in [0.29, 0.717) is 29.2 Å². The number of amides is 2. The average Bonchev–Trinajstić information content (AvgIpc) is 3.46. The fourth-order valence-corrected chi connectivity index (χ4v) is 6.46. The maximum absolute atomic E-state index is 13.9. The van der Waals surface area contributed by atoms with Crippen molar-refractivity contribution >= 4 is 29.5 Å². The number of hydrogen-bond acceptors (Lipinski definition) is 7. The van der Waals surface area contributed by atoms with Crippen LogP contribution in [0, 0.1) is 11.8 Å². The molecule has 220 valence electrons. The van der Waals surface area contributed by atoms with Crippen molar-refractivity contribution in [2.45, 2.75) is 57.2 Å². The molecule has 4 rings (SSSR count).